The van der Waals surface area contributed by atoms with Gasteiger partial charge in [-0.1, -0.05) is 113 Å². The lowest BCUT2D eigenvalue weighted by molar-refractivity contribution is 0.481. The average molecular weight is 704 g/mol. The van der Waals surface area contributed by atoms with Gasteiger partial charge in [-0.25, -0.2) is 0 Å². The molecule has 4 heterocycles. The molecule has 0 aliphatic carbocycles. The molecule has 0 radical (unpaired) electrons. The molecule has 0 amide bonds. The highest BCUT2D eigenvalue weighted by molar-refractivity contribution is 8.00. The smallest absolute Gasteiger partial charge is 0.249 e. The van der Waals surface area contributed by atoms with Gasteiger partial charge in [-0.2, -0.15) is 0 Å². The summed E-state index contributed by atoms with van der Waals surface area (Å²) in [5, 5.41) is 0. The minimum atomic E-state index is 0.103. The Hall–Kier alpha value is -5.43. The summed E-state index contributed by atoms with van der Waals surface area (Å²) in [5.74, 6) is 3.36. The van der Waals surface area contributed by atoms with Crippen LogP contribution < -0.4 is 52.1 Å². The predicted octanol–water partition coefficient (Wildman–Crippen LogP) is 7.40. The first kappa shape index (κ1) is 30.2. The van der Waals surface area contributed by atoms with Crippen LogP contribution in [0, 0.1) is 0 Å². The van der Waals surface area contributed by atoms with Crippen molar-refractivity contribution in [2.75, 3.05) is 23.9 Å². The fraction of sp³-hybridized carbons (Fsp3) is 0.0455. The maximum atomic E-state index is 6.49. The average Bonchev–Trinajstić information content (AvgIpc) is 3.18. The molecule has 4 aliphatic heterocycles. The standard InChI is InChI=1S/C44H30B2N2O2S2/c1-47-35-26-36-34(46-32-18-10-12-20-40(32)52-42-24-30(22-38(44(42)46)48(36)2)50-28-15-7-4-8-16-28)25-33(35)45-31-17-9-11-19-39(31)51-41-23-29(21-37(47)43(41)45)49-27-13-5-3-6-14-27/h3-26H,1-2H3. The lowest BCUT2D eigenvalue weighted by Crippen LogP contribution is -2.64. The van der Waals surface area contributed by atoms with E-state index in [1.807, 2.05) is 84.2 Å². The van der Waals surface area contributed by atoms with Crippen LogP contribution in [0.4, 0.5) is 22.7 Å². The van der Waals surface area contributed by atoms with Gasteiger partial charge in [0, 0.05) is 68.6 Å². The van der Waals surface area contributed by atoms with Crippen LogP contribution in [0.2, 0.25) is 0 Å². The van der Waals surface area contributed by atoms with Crippen LogP contribution in [0.3, 0.4) is 0 Å². The lowest BCUT2D eigenvalue weighted by atomic mass is 9.31. The van der Waals surface area contributed by atoms with Crippen LogP contribution in [0.1, 0.15) is 0 Å². The van der Waals surface area contributed by atoms with Crippen LogP contribution in [-0.4, -0.2) is 27.5 Å². The van der Waals surface area contributed by atoms with Gasteiger partial charge >= 0.3 is 0 Å². The first-order valence-electron chi connectivity index (χ1n) is 17.6. The van der Waals surface area contributed by atoms with Crippen molar-refractivity contribution >= 4 is 92.5 Å². The zero-order valence-corrected chi connectivity index (χ0v) is 30.2. The number of hydrogen-bond acceptors (Lipinski definition) is 6. The largest absolute Gasteiger partial charge is 0.457 e. The second kappa shape index (κ2) is 11.5. The van der Waals surface area contributed by atoms with Crippen molar-refractivity contribution in [1.29, 1.82) is 0 Å². The van der Waals surface area contributed by atoms with E-state index in [0.29, 0.717) is 0 Å². The molecule has 4 nitrogen and oxygen atoms in total. The summed E-state index contributed by atoms with van der Waals surface area (Å²) in [6.07, 6.45) is 0. The maximum Gasteiger partial charge on any atom is 0.249 e. The Morgan fingerprint density at radius 3 is 1.27 bits per heavy atom. The zero-order valence-electron chi connectivity index (χ0n) is 28.5. The third kappa shape index (κ3) is 4.54. The van der Waals surface area contributed by atoms with Crippen molar-refractivity contribution in [2.24, 2.45) is 0 Å². The Morgan fingerprint density at radius 2 is 0.808 bits per heavy atom. The normalized spacial score (nSPS) is 14.0. The maximum absolute atomic E-state index is 6.49. The molecule has 4 aliphatic rings. The second-order valence-electron chi connectivity index (χ2n) is 13.8. The molecule has 7 aromatic carbocycles. The van der Waals surface area contributed by atoms with Crippen LogP contribution in [0.15, 0.2) is 165 Å². The molecule has 246 valence electrons. The molecule has 0 fully saturated rings. The summed E-state index contributed by atoms with van der Waals surface area (Å²) in [6.45, 7) is 0.205. The van der Waals surface area contributed by atoms with E-state index < -0.39 is 0 Å². The molecular formula is C44H30B2N2O2S2. The van der Waals surface area contributed by atoms with Gasteiger partial charge in [0.1, 0.15) is 23.0 Å². The van der Waals surface area contributed by atoms with Gasteiger partial charge in [-0.05, 0) is 76.4 Å². The van der Waals surface area contributed by atoms with Crippen LogP contribution in [0.5, 0.6) is 23.0 Å². The van der Waals surface area contributed by atoms with E-state index >= 15 is 0 Å². The van der Waals surface area contributed by atoms with E-state index in [-0.39, 0.29) is 13.4 Å². The number of benzene rings is 7. The van der Waals surface area contributed by atoms with Crippen molar-refractivity contribution in [1.82, 2.24) is 0 Å². The molecule has 52 heavy (non-hydrogen) atoms. The molecule has 0 saturated carbocycles. The highest BCUT2D eigenvalue weighted by atomic mass is 32.2. The summed E-state index contributed by atoms with van der Waals surface area (Å²) in [7, 11) is 4.42. The van der Waals surface area contributed by atoms with Crippen molar-refractivity contribution in [2.45, 2.75) is 19.6 Å². The Bertz CT molecular complexity index is 2430. The molecule has 7 aromatic rings. The minimum absolute atomic E-state index is 0.103. The summed E-state index contributed by atoms with van der Waals surface area (Å²) >= 11 is 3.70. The summed E-state index contributed by atoms with van der Waals surface area (Å²) in [6, 6.07) is 51.9. The third-order valence-corrected chi connectivity index (χ3v) is 13.2. The van der Waals surface area contributed by atoms with Crippen LogP contribution >= 0.6 is 23.5 Å². The molecule has 0 bridgehead atoms. The van der Waals surface area contributed by atoms with Gasteiger partial charge in [0.05, 0.1) is 0 Å². The first-order chi connectivity index (χ1) is 25.6. The second-order valence-corrected chi connectivity index (χ2v) is 15.9. The number of anilines is 4. The lowest BCUT2D eigenvalue weighted by Gasteiger charge is -2.43. The van der Waals surface area contributed by atoms with Crippen molar-refractivity contribution in [3.63, 3.8) is 0 Å². The fourth-order valence-electron chi connectivity index (χ4n) is 8.58. The van der Waals surface area contributed by atoms with Crippen molar-refractivity contribution < 1.29 is 9.47 Å². The zero-order chi connectivity index (χ0) is 34.5. The molecule has 8 heteroatoms. The van der Waals surface area contributed by atoms with E-state index in [2.05, 4.69) is 109 Å². The van der Waals surface area contributed by atoms with Gasteiger partial charge in [-0.3, -0.25) is 0 Å². The number of nitrogens with zero attached hydrogens (tertiary/aromatic N) is 2. The van der Waals surface area contributed by atoms with E-state index in [1.165, 1.54) is 75.1 Å². The summed E-state index contributed by atoms with van der Waals surface area (Å²) < 4.78 is 13.0. The van der Waals surface area contributed by atoms with Gasteiger partial charge in [0.25, 0.3) is 0 Å². The predicted molar refractivity (Wildman–Crippen MR) is 219 cm³/mol. The van der Waals surface area contributed by atoms with Crippen LogP contribution in [0.25, 0.3) is 0 Å². The quantitative estimate of drug-likeness (QED) is 0.177. The molecule has 0 spiro atoms. The van der Waals surface area contributed by atoms with Gasteiger partial charge in [0.2, 0.25) is 13.4 Å². The third-order valence-electron chi connectivity index (χ3n) is 10.9. The first-order valence-corrected chi connectivity index (χ1v) is 19.2. The summed E-state index contributed by atoms with van der Waals surface area (Å²) in [4.78, 5) is 9.85. The molecule has 0 aromatic heterocycles. The van der Waals surface area contributed by atoms with Gasteiger partial charge < -0.3 is 19.3 Å². The SMILES string of the molecule is CN1c2cc3c(cc2B2c4ccccc4Sc4cc(Oc5ccccc5)cc1c42)B1c2ccccc2Sc2cc(Oc4ccccc4)cc(c21)N3C. The van der Waals surface area contributed by atoms with E-state index in [1.54, 1.807) is 0 Å². The molecule has 0 unspecified atom stereocenters. The molecule has 0 saturated heterocycles. The van der Waals surface area contributed by atoms with E-state index in [9.17, 15) is 0 Å². The number of fused-ring (bicyclic) bond motifs is 8. The Balaban J connectivity index is 1.12. The van der Waals surface area contributed by atoms with Crippen LogP contribution in [-0.2, 0) is 0 Å². The highest BCUT2D eigenvalue weighted by Crippen LogP contribution is 2.44. The summed E-state index contributed by atoms with van der Waals surface area (Å²) in [5.41, 5.74) is 12.9. The Labute approximate surface area is 312 Å². The molecule has 0 N–H and O–H groups in total. The highest BCUT2D eigenvalue weighted by Gasteiger charge is 2.45. The molecule has 0 atom stereocenters. The van der Waals surface area contributed by atoms with Crippen molar-refractivity contribution in [3.8, 4) is 23.0 Å². The topological polar surface area (TPSA) is 24.9 Å². The number of para-hydroxylation sites is 2. The van der Waals surface area contributed by atoms with E-state index in [4.69, 9.17) is 9.47 Å². The minimum Gasteiger partial charge on any atom is -0.457 e. The fourth-order valence-corrected chi connectivity index (χ4v) is 11.0. The van der Waals surface area contributed by atoms with Gasteiger partial charge in [-0.15, -0.1) is 0 Å². The molecule has 11 rings (SSSR count). The monoisotopic (exact) mass is 704 g/mol. The Morgan fingerprint density at radius 1 is 0.385 bits per heavy atom. The number of hydrogen-bond donors (Lipinski definition) is 0. The Kier molecular flexibility index (Phi) is 6.71. The van der Waals surface area contributed by atoms with Crippen molar-refractivity contribution in [3.05, 3.63) is 146 Å². The number of ether oxygens (including phenoxy) is 2. The molecular weight excluding hydrogens is 674 g/mol. The van der Waals surface area contributed by atoms with Gasteiger partial charge in [0.15, 0.2) is 0 Å². The van der Waals surface area contributed by atoms with E-state index in [0.717, 1.165) is 23.0 Å². The number of rotatable bonds is 4.